The average Bonchev–Trinajstić information content (AvgIpc) is 2.54. The zero-order valence-electron chi connectivity index (χ0n) is 12.5. The molecular weight excluding hydrogens is 316 g/mol. The number of nitrogens with two attached hydrogens (primary N) is 2. The number of halogens is 4. The SMILES string of the molecule is CCOc1ccc(F)c(N)c1F.COc1ccc(F)c(N)c1F. The normalized spacial score (nSPS) is 9.83. The molecular formula is C15H16F4N2O2. The first-order valence-corrected chi connectivity index (χ1v) is 6.47. The van der Waals surface area contributed by atoms with Crippen LogP contribution < -0.4 is 20.9 Å². The maximum atomic E-state index is 13.0. The van der Waals surface area contributed by atoms with Gasteiger partial charge in [-0.2, -0.15) is 0 Å². The summed E-state index contributed by atoms with van der Waals surface area (Å²) in [4.78, 5) is 0. The fourth-order valence-electron chi connectivity index (χ4n) is 1.52. The molecule has 2 aromatic carbocycles. The summed E-state index contributed by atoms with van der Waals surface area (Å²) >= 11 is 0. The van der Waals surface area contributed by atoms with Crippen molar-refractivity contribution in [3.05, 3.63) is 47.5 Å². The summed E-state index contributed by atoms with van der Waals surface area (Å²) < 4.78 is 60.2. The number of hydrogen-bond donors (Lipinski definition) is 2. The summed E-state index contributed by atoms with van der Waals surface area (Å²) in [5.74, 6) is -3.30. The van der Waals surface area contributed by atoms with Crippen molar-refractivity contribution in [3.63, 3.8) is 0 Å². The number of anilines is 2. The number of rotatable bonds is 3. The Morgan fingerprint density at radius 2 is 1.26 bits per heavy atom. The van der Waals surface area contributed by atoms with Crippen LogP contribution in [0.3, 0.4) is 0 Å². The van der Waals surface area contributed by atoms with Crippen LogP contribution in [-0.2, 0) is 0 Å². The molecule has 0 unspecified atom stereocenters. The van der Waals surface area contributed by atoms with Gasteiger partial charge in [0.15, 0.2) is 23.1 Å². The molecule has 0 saturated heterocycles. The quantitative estimate of drug-likeness (QED) is 0.667. The van der Waals surface area contributed by atoms with E-state index in [4.69, 9.17) is 16.2 Å². The van der Waals surface area contributed by atoms with E-state index in [9.17, 15) is 17.6 Å². The Hall–Kier alpha value is -2.64. The Bertz CT molecular complexity index is 681. The molecule has 0 heterocycles. The molecule has 0 spiro atoms. The van der Waals surface area contributed by atoms with Crippen molar-refractivity contribution in [3.8, 4) is 11.5 Å². The van der Waals surface area contributed by atoms with Crippen molar-refractivity contribution in [2.75, 3.05) is 25.2 Å². The minimum Gasteiger partial charge on any atom is -0.494 e. The lowest BCUT2D eigenvalue weighted by Crippen LogP contribution is -2.00. The number of nitrogen functional groups attached to an aromatic ring is 2. The van der Waals surface area contributed by atoms with Gasteiger partial charge in [0.05, 0.1) is 13.7 Å². The predicted molar refractivity (Wildman–Crippen MR) is 79.3 cm³/mol. The van der Waals surface area contributed by atoms with E-state index in [1.54, 1.807) is 6.92 Å². The highest BCUT2D eigenvalue weighted by atomic mass is 19.1. The van der Waals surface area contributed by atoms with E-state index < -0.39 is 34.6 Å². The molecule has 2 rings (SSSR count). The number of benzene rings is 2. The minimum absolute atomic E-state index is 0.0172. The van der Waals surface area contributed by atoms with Crippen molar-refractivity contribution in [1.29, 1.82) is 0 Å². The van der Waals surface area contributed by atoms with Gasteiger partial charge in [-0.25, -0.2) is 17.6 Å². The second kappa shape index (κ2) is 8.11. The van der Waals surface area contributed by atoms with Crippen molar-refractivity contribution < 1.29 is 27.0 Å². The number of hydrogen-bond acceptors (Lipinski definition) is 4. The van der Waals surface area contributed by atoms with Gasteiger partial charge in [-0.1, -0.05) is 0 Å². The Labute approximate surface area is 130 Å². The molecule has 0 aromatic heterocycles. The van der Waals surface area contributed by atoms with E-state index in [1.165, 1.54) is 19.2 Å². The third-order valence-electron chi connectivity index (χ3n) is 2.70. The van der Waals surface area contributed by atoms with Crippen molar-refractivity contribution in [1.82, 2.24) is 0 Å². The number of methoxy groups -OCH3 is 1. The van der Waals surface area contributed by atoms with Crippen LogP contribution in [0.5, 0.6) is 11.5 Å². The smallest absolute Gasteiger partial charge is 0.190 e. The highest BCUT2D eigenvalue weighted by molar-refractivity contribution is 5.48. The third kappa shape index (κ3) is 4.41. The van der Waals surface area contributed by atoms with E-state index in [0.717, 1.165) is 12.1 Å². The summed E-state index contributed by atoms with van der Waals surface area (Å²) in [5.41, 5.74) is 9.10. The molecule has 0 aliphatic rings. The van der Waals surface area contributed by atoms with Gasteiger partial charge in [0.2, 0.25) is 0 Å². The van der Waals surface area contributed by atoms with Crippen LogP contribution in [0.4, 0.5) is 28.9 Å². The molecule has 2 aromatic rings. The molecule has 8 heteroatoms. The van der Waals surface area contributed by atoms with Crippen LogP contribution in [-0.4, -0.2) is 13.7 Å². The molecule has 23 heavy (non-hydrogen) atoms. The first kappa shape index (κ1) is 18.4. The zero-order chi connectivity index (χ0) is 17.6. The molecule has 0 radical (unpaired) electrons. The molecule has 0 fully saturated rings. The highest BCUT2D eigenvalue weighted by Gasteiger charge is 2.11. The summed E-state index contributed by atoms with van der Waals surface area (Å²) in [7, 11) is 1.29. The van der Waals surface area contributed by atoms with Crippen LogP contribution in [0.15, 0.2) is 24.3 Å². The largest absolute Gasteiger partial charge is 0.494 e. The van der Waals surface area contributed by atoms with E-state index in [-0.39, 0.29) is 11.5 Å². The molecule has 126 valence electrons. The van der Waals surface area contributed by atoms with Crippen LogP contribution in [0.2, 0.25) is 0 Å². The van der Waals surface area contributed by atoms with Crippen molar-refractivity contribution in [2.24, 2.45) is 0 Å². The fraction of sp³-hybridized carbons (Fsp3) is 0.200. The van der Waals surface area contributed by atoms with Gasteiger partial charge in [-0.05, 0) is 31.2 Å². The van der Waals surface area contributed by atoms with Crippen molar-refractivity contribution in [2.45, 2.75) is 6.92 Å². The second-order valence-electron chi connectivity index (χ2n) is 4.18. The lowest BCUT2D eigenvalue weighted by atomic mass is 10.3. The average molecular weight is 332 g/mol. The van der Waals surface area contributed by atoms with E-state index in [2.05, 4.69) is 4.74 Å². The Morgan fingerprint density at radius 1 is 0.826 bits per heavy atom. The third-order valence-corrected chi connectivity index (χ3v) is 2.70. The molecule has 4 nitrogen and oxygen atoms in total. The van der Waals surface area contributed by atoms with E-state index in [0.29, 0.717) is 6.61 Å². The molecule has 0 aliphatic carbocycles. The van der Waals surface area contributed by atoms with Gasteiger partial charge < -0.3 is 20.9 Å². The van der Waals surface area contributed by atoms with Gasteiger partial charge in [-0.3, -0.25) is 0 Å². The van der Waals surface area contributed by atoms with Crippen LogP contribution in [0.25, 0.3) is 0 Å². The summed E-state index contributed by atoms with van der Waals surface area (Å²) in [6, 6.07) is 4.52. The lowest BCUT2D eigenvalue weighted by molar-refractivity contribution is 0.321. The molecule has 4 N–H and O–H groups in total. The second-order valence-corrected chi connectivity index (χ2v) is 4.18. The maximum absolute atomic E-state index is 13.0. The van der Waals surface area contributed by atoms with Crippen molar-refractivity contribution >= 4 is 11.4 Å². The lowest BCUT2D eigenvalue weighted by Gasteiger charge is -2.05. The topological polar surface area (TPSA) is 70.5 Å². The standard InChI is InChI=1S/C8H9F2NO.C7H7F2NO/c1-2-12-6-4-3-5(9)8(11)7(6)10;1-11-5-3-2-4(8)7(10)6(5)9/h3-4H,2,11H2,1H3;2-3H,10H2,1H3. The zero-order valence-corrected chi connectivity index (χ0v) is 12.5. The Kier molecular flexibility index (Phi) is 6.49. The molecule has 0 amide bonds. The maximum Gasteiger partial charge on any atom is 0.190 e. The van der Waals surface area contributed by atoms with Crippen LogP contribution >= 0.6 is 0 Å². The first-order valence-electron chi connectivity index (χ1n) is 6.47. The molecule has 0 saturated carbocycles. The fourth-order valence-corrected chi connectivity index (χ4v) is 1.52. The predicted octanol–water partition coefficient (Wildman–Crippen LogP) is 3.50. The molecule has 0 aliphatic heterocycles. The van der Waals surface area contributed by atoms with Gasteiger partial charge in [0.1, 0.15) is 23.0 Å². The Balaban J connectivity index is 0.000000231. The van der Waals surface area contributed by atoms with Gasteiger partial charge >= 0.3 is 0 Å². The molecule has 0 atom stereocenters. The van der Waals surface area contributed by atoms with Crippen LogP contribution in [0, 0.1) is 23.3 Å². The highest BCUT2D eigenvalue weighted by Crippen LogP contribution is 2.25. The van der Waals surface area contributed by atoms with Crippen LogP contribution in [0.1, 0.15) is 6.92 Å². The monoisotopic (exact) mass is 332 g/mol. The number of ether oxygens (including phenoxy) is 2. The Morgan fingerprint density at radius 3 is 1.70 bits per heavy atom. The van der Waals surface area contributed by atoms with Gasteiger partial charge in [-0.15, -0.1) is 0 Å². The van der Waals surface area contributed by atoms with E-state index in [1.807, 2.05) is 0 Å². The minimum atomic E-state index is -0.854. The summed E-state index contributed by atoms with van der Waals surface area (Å²) in [5, 5.41) is 0. The van der Waals surface area contributed by atoms with Gasteiger partial charge in [0, 0.05) is 0 Å². The summed E-state index contributed by atoms with van der Waals surface area (Å²) in [6.45, 7) is 2.03. The molecule has 0 bridgehead atoms. The first-order chi connectivity index (χ1) is 10.8. The van der Waals surface area contributed by atoms with Gasteiger partial charge in [0.25, 0.3) is 0 Å². The summed E-state index contributed by atoms with van der Waals surface area (Å²) in [6.07, 6.45) is 0. The van der Waals surface area contributed by atoms with E-state index >= 15 is 0 Å².